The van der Waals surface area contributed by atoms with Gasteiger partial charge < -0.3 is 5.73 Å². The van der Waals surface area contributed by atoms with Crippen LogP contribution >= 0.6 is 0 Å². The molecule has 2 aromatic carbocycles. The van der Waals surface area contributed by atoms with Gasteiger partial charge in [0.1, 0.15) is 12.1 Å². The number of hydrogen-bond acceptors (Lipinski definition) is 4. The third kappa shape index (κ3) is 2.38. The third-order valence-corrected chi connectivity index (χ3v) is 4.27. The fourth-order valence-electron chi connectivity index (χ4n) is 3.09. The lowest BCUT2D eigenvalue weighted by Crippen LogP contribution is -2.04. The molecule has 5 heteroatoms. The molecule has 4 rings (SSSR count). The van der Waals surface area contributed by atoms with Crippen molar-refractivity contribution in [1.29, 1.82) is 0 Å². The molecule has 0 saturated carbocycles. The fraction of sp³-hybridized carbons (Fsp3) is 0.211. The van der Waals surface area contributed by atoms with Crippen LogP contribution in [0.3, 0.4) is 0 Å². The summed E-state index contributed by atoms with van der Waals surface area (Å²) in [5, 5.41) is 8.09. The molecule has 24 heavy (non-hydrogen) atoms. The van der Waals surface area contributed by atoms with Crippen LogP contribution in [0.15, 0.2) is 48.8 Å². The van der Waals surface area contributed by atoms with Gasteiger partial charge in [-0.1, -0.05) is 42.5 Å². The summed E-state index contributed by atoms with van der Waals surface area (Å²) in [5.74, 6) is 0.489. The summed E-state index contributed by atoms with van der Waals surface area (Å²) in [6.45, 7) is 4.18. The van der Waals surface area contributed by atoms with Crippen LogP contribution in [0.1, 0.15) is 31.1 Å². The Morgan fingerprint density at radius 3 is 2.62 bits per heavy atom. The first kappa shape index (κ1) is 14.6. The molecule has 120 valence electrons. The van der Waals surface area contributed by atoms with Crippen LogP contribution in [0, 0.1) is 0 Å². The highest BCUT2D eigenvalue weighted by Gasteiger charge is 2.17. The van der Waals surface area contributed by atoms with Crippen molar-refractivity contribution < 1.29 is 0 Å². The SMILES string of the molecule is CC(C)n1nc(Cc2ccc3ccccc3c2)c2c(N)ncnc21. The Morgan fingerprint density at radius 2 is 1.83 bits per heavy atom. The Morgan fingerprint density at radius 1 is 1.04 bits per heavy atom. The highest BCUT2D eigenvalue weighted by atomic mass is 15.3. The average Bonchev–Trinajstić information content (AvgIpc) is 2.95. The van der Waals surface area contributed by atoms with Crippen molar-refractivity contribution in [2.75, 3.05) is 5.73 Å². The Bertz CT molecular complexity index is 1030. The Labute approximate surface area is 140 Å². The van der Waals surface area contributed by atoms with Crippen LogP contribution in [0.2, 0.25) is 0 Å². The summed E-state index contributed by atoms with van der Waals surface area (Å²) in [4.78, 5) is 8.53. The molecular formula is C19H19N5. The largest absolute Gasteiger partial charge is 0.383 e. The number of benzene rings is 2. The van der Waals surface area contributed by atoms with Gasteiger partial charge >= 0.3 is 0 Å². The van der Waals surface area contributed by atoms with Crippen molar-refractivity contribution in [1.82, 2.24) is 19.7 Å². The van der Waals surface area contributed by atoms with Crippen LogP contribution in [-0.4, -0.2) is 19.7 Å². The molecule has 0 unspecified atom stereocenters. The summed E-state index contributed by atoms with van der Waals surface area (Å²) in [5.41, 5.74) is 9.03. The minimum Gasteiger partial charge on any atom is -0.383 e. The minimum atomic E-state index is 0.215. The molecule has 2 heterocycles. The average molecular weight is 317 g/mol. The maximum Gasteiger partial charge on any atom is 0.163 e. The van der Waals surface area contributed by atoms with Crippen LogP contribution in [-0.2, 0) is 6.42 Å². The third-order valence-electron chi connectivity index (χ3n) is 4.27. The van der Waals surface area contributed by atoms with Gasteiger partial charge in [0.2, 0.25) is 0 Å². The standard InChI is InChI=1S/C19H19N5/c1-12(2)24-19-17(18(20)21-11-22-19)16(23-24)10-13-7-8-14-5-3-4-6-15(14)9-13/h3-9,11-12H,10H2,1-2H3,(H2,20,21,22). The second-order valence-corrected chi connectivity index (χ2v) is 6.30. The van der Waals surface area contributed by atoms with Crippen LogP contribution in [0.25, 0.3) is 21.8 Å². The van der Waals surface area contributed by atoms with E-state index >= 15 is 0 Å². The zero-order valence-electron chi connectivity index (χ0n) is 13.8. The molecule has 5 nitrogen and oxygen atoms in total. The molecule has 2 N–H and O–H groups in total. The van der Waals surface area contributed by atoms with Crippen molar-refractivity contribution >= 4 is 27.6 Å². The number of aromatic nitrogens is 4. The van der Waals surface area contributed by atoms with E-state index in [4.69, 9.17) is 10.8 Å². The zero-order valence-corrected chi connectivity index (χ0v) is 13.8. The maximum atomic E-state index is 6.11. The van der Waals surface area contributed by atoms with Crippen molar-refractivity contribution in [3.05, 3.63) is 60.0 Å². The number of anilines is 1. The molecule has 4 aromatic rings. The zero-order chi connectivity index (χ0) is 16.7. The highest BCUT2D eigenvalue weighted by molar-refractivity contribution is 5.89. The molecule has 0 aliphatic carbocycles. The molecular weight excluding hydrogens is 298 g/mol. The molecule has 0 aliphatic rings. The summed E-state index contributed by atoms with van der Waals surface area (Å²) >= 11 is 0. The Balaban J connectivity index is 1.83. The van der Waals surface area contributed by atoms with Gasteiger partial charge in [0.25, 0.3) is 0 Å². The quantitative estimate of drug-likeness (QED) is 0.625. The number of nitrogens with zero attached hydrogens (tertiary/aromatic N) is 4. The van der Waals surface area contributed by atoms with Gasteiger partial charge in [-0.2, -0.15) is 5.10 Å². The highest BCUT2D eigenvalue weighted by Crippen LogP contribution is 2.26. The monoisotopic (exact) mass is 317 g/mol. The first-order valence-electron chi connectivity index (χ1n) is 8.08. The van der Waals surface area contributed by atoms with Gasteiger partial charge in [-0.05, 0) is 30.2 Å². The Hall–Kier alpha value is -2.95. The topological polar surface area (TPSA) is 69.6 Å². The van der Waals surface area contributed by atoms with Crippen LogP contribution in [0.5, 0.6) is 0 Å². The van der Waals surface area contributed by atoms with E-state index in [9.17, 15) is 0 Å². The first-order chi connectivity index (χ1) is 11.6. The normalized spacial score (nSPS) is 11.6. The lowest BCUT2D eigenvalue weighted by atomic mass is 10.0. The number of fused-ring (bicyclic) bond motifs is 2. The van der Waals surface area contributed by atoms with Crippen molar-refractivity contribution in [2.24, 2.45) is 0 Å². The first-order valence-corrected chi connectivity index (χ1v) is 8.08. The van der Waals surface area contributed by atoms with E-state index in [0.29, 0.717) is 12.2 Å². The van der Waals surface area contributed by atoms with Crippen molar-refractivity contribution in [3.8, 4) is 0 Å². The molecule has 0 atom stereocenters. The Kier molecular flexibility index (Phi) is 3.41. The predicted octanol–water partition coefficient (Wildman–Crippen LogP) is 3.73. The van der Waals surface area contributed by atoms with Gasteiger partial charge in [0, 0.05) is 12.5 Å². The molecule has 0 amide bonds. The van der Waals surface area contributed by atoms with Gasteiger partial charge in [-0.25, -0.2) is 14.6 Å². The van der Waals surface area contributed by atoms with E-state index in [-0.39, 0.29) is 6.04 Å². The van der Waals surface area contributed by atoms with E-state index in [1.165, 1.54) is 22.7 Å². The van der Waals surface area contributed by atoms with Crippen LogP contribution in [0.4, 0.5) is 5.82 Å². The van der Waals surface area contributed by atoms with E-state index < -0.39 is 0 Å². The van der Waals surface area contributed by atoms with Crippen molar-refractivity contribution in [3.63, 3.8) is 0 Å². The smallest absolute Gasteiger partial charge is 0.163 e. The van der Waals surface area contributed by atoms with Gasteiger partial charge in [0.15, 0.2) is 5.65 Å². The minimum absolute atomic E-state index is 0.215. The number of hydrogen-bond donors (Lipinski definition) is 1. The molecule has 0 fully saturated rings. The van der Waals surface area contributed by atoms with E-state index in [1.807, 2.05) is 4.68 Å². The molecule has 2 aromatic heterocycles. The molecule has 0 spiro atoms. The van der Waals surface area contributed by atoms with E-state index in [2.05, 4.69) is 66.3 Å². The molecule has 0 saturated heterocycles. The lowest BCUT2D eigenvalue weighted by Gasteiger charge is -2.05. The fourth-order valence-corrected chi connectivity index (χ4v) is 3.09. The molecule has 0 radical (unpaired) electrons. The number of nitrogens with two attached hydrogens (primary N) is 1. The van der Waals surface area contributed by atoms with Gasteiger partial charge in [-0.3, -0.25) is 0 Å². The second kappa shape index (κ2) is 5.60. The second-order valence-electron chi connectivity index (χ2n) is 6.30. The molecule has 0 bridgehead atoms. The summed E-state index contributed by atoms with van der Waals surface area (Å²) < 4.78 is 1.92. The summed E-state index contributed by atoms with van der Waals surface area (Å²) in [7, 11) is 0. The summed E-state index contributed by atoms with van der Waals surface area (Å²) in [6, 6.07) is 15.1. The van der Waals surface area contributed by atoms with E-state index in [1.54, 1.807) is 0 Å². The van der Waals surface area contributed by atoms with Crippen LogP contribution < -0.4 is 5.73 Å². The maximum absolute atomic E-state index is 6.11. The van der Waals surface area contributed by atoms with Gasteiger partial charge in [-0.15, -0.1) is 0 Å². The van der Waals surface area contributed by atoms with Gasteiger partial charge in [0.05, 0.1) is 11.1 Å². The number of nitrogen functional groups attached to an aromatic ring is 1. The number of rotatable bonds is 3. The van der Waals surface area contributed by atoms with Crippen molar-refractivity contribution in [2.45, 2.75) is 26.3 Å². The summed E-state index contributed by atoms with van der Waals surface area (Å²) in [6.07, 6.45) is 2.21. The van der Waals surface area contributed by atoms with E-state index in [0.717, 1.165) is 16.7 Å². The lowest BCUT2D eigenvalue weighted by molar-refractivity contribution is 0.541. The molecule has 0 aliphatic heterocycles. The predicted molar refractivity (Wildman–Crippen MR) is 96.9 cm³/mol.